The number of rotatable bonds is 2. The molecule has 0 aliphatic heterocycles. The van der Waals surface area contributed by atoms with Gasteiger partial charge in [-0.25, -0.2) is 0 Å². The van der Waals surface area contributed by atoms with Crippen molar-refractivity contribution in [1.82, 2.24) is 0 Å². The van der Waals surface area contributed by atoms with Crippen LogP contribution in [0.1, 0.15) is 17.0 Å². The molecule has 1 aliphatic carbocycles. The molecule has 3 rings (SSSR count). The molecule has 84 valence electrons. The van der Waals surface area contributed by atoms with E-state index in [9.17, 15) is 4.79 Å². The summed E-state index contributed by atoms with van der Waals surface area (Å²) in [6.45, 7) is 0. The maximum Gasteiger partial charge on any atom is 0.159 e. The molecule has 0 fully saturated rings. The van der Waals surface area contributed by atoms with E-state index >= 15 is 0 Å². The van der Waals surface area contributed by atoms with Crippen molar-refractivity contribution in [2.45, 2.75) is 5.92 Å². The van der Waals surface area contributed by atoms with Crippen LogP contribution in [0.15, 0.2) is 48.5 Å². The predicted octanol–water partition coefficient (Wildman–Crippen LogP) is 3.61. The van der Waals surface area contributed by atoms with Gasteiger partial charge in [0.15, 0.2) is 5.78 Å². The zero-order chi connectivity index (χ0) is 11.8. The standard InChI is InChI=1S/C15H11ClO/c16-9-14(17)15-12-7-3-1-5-10(12)11-6-2-4-8-13(11)15/h1-8,15H,9H2. The van der Waals surface area contributed by atoms with Gasteiger partial charge in [-0.15, -0.1) is 11.6 Å². The summed E-state index contributed by atoms with van der Waals surface area (Å²) in [5.74, 6) is -0.0446. The van der Waals surface area contributed by atoms with Crippen LogP contribution in [0.3, 0.4) is 0 Å². The van der Waals surface area contributed by atoms with E-state index in [4.69, 9.17) is 11.6 Å². The molecule has 0 aromatic heterocycles. The third-order valence-corrected chi connectivity index (χ3v) is 3.55. The summed E-state index contributed by atoms with van der Waals surface area (Å²) in [6.07, 6.45) is 0. The molecule has 1 aliphatic rings. The average Bonchev–Trinajstić information content (AvgIpc) is 2.72. The van der Waals surface area contributed by atoms with Crippen LogP contribution in [0.4, 0.5) is 0 Å². The number of halogens is 1. The van der Waals surface area contributed by atoms with E-state index in [2.05, 4.69) is 12.1 Å². The van der Waals surface area contributed by atoms with Crippen LogP contribution in [0, 0.1) is 0 Å². The lowest BCUT2D eigenvalue weighted by Gasteiger charge is -2.09. The molecule has 2 heteroatoms. The maximum absolute atomic E-state index is 12.0. The lowest BCUT2D eigenvalue weighted by atomic mass is 9.93. The monoisotopic (exact) mass is 242 g/mol. The number of carbonyl (C=O) groups excluding carboxylic acids is 1. The second kappa shape index (κ2) is 4.01. The normalized spacial score (nSPS) is 13.2. The van der Waals surface area contributed by atoms with Crippen molar-refractivity contribution < 1.29 is 4.79 Å². The van der Waals surface area contributed by atoms with E-state index in [0.29, 0.717) is 0 Å². The van der Waals surface area contributed by atoms with Crippen molar-refractivity contribution in [2.24, 2.45) is 0 Å². The highest BCUT2D eigenvalue weighted by atomic mass is 35.5. The Morgan fingerprint density at radius 1 is 0.941 bits per heavy atom. The smallest absolute Gasteiger partial charge is 0.159 e. The minimum Gasteiger partial charge on any atom is -0.297 e. The van der Waals surface area contributed by atoms with Crippen LogP contribution in [0.5, 0.6) is 0 Å². The van der Waals surface area contributed by atoms with Crippen LogP contribution in [0.25, 0.3) is 11.1 Å². The summed E-state index contributed by atoms with van der Waals surface area (Å²) >= 11 is 5.72. The molecule has 17 heavy (non-hydrogen) atoms. The zero-order valence-corrected chi connectivity index (χ0v) is 9.95. The van der Waals surface area contributed by atoms with Crippen LogP contribution in [0.2, 0.25) is 0 Å². The number of carbonyl (C=O) groups is 1. The minimum atomic E-state index is -0.181. The zero-order valence-electron chi connectivity index (χ0n) is 9.19. The molecular weight excluding hydrogens is 232 g/mol. The van der Waals surface area contributed by atoms with Crippen molar-refractivity contribution in [3.63, 3.8) is 0 Å². The molecule has 0 saturated heterocycles. The van der Waals surface area contributed by atoms with Crippen molar-refractivity contribution in [1.29, 1.82) is 0 Å². The second-order valence-corrected chi connectivity index (χ2v) is 4.47. The average molecular weight is 243 g/mol. The van der Waals surface area contributed by atoms with Crippen molar-refractivity contribution in [3.05, 3.63) is 59.7 Å². The molecule has 0 heterocycles. The van der Waals surface area contributed by atoms with Gasteiger partial charge in [0.25, 0.3) is 0 Å². The highest BCUT2D eigenvalue weighted by Crippen LogP contribution is 2.44. The highest BCUT2D eigenvalue weighted by Gasteiger charge is 2.32. The highest BCUT2D eigenvalue weighted by molar-refractivity contribution is 6.29. The van der Waals surface area contributed by atoms with Crippen LogP contribution in [-0.2, 0) is 4.79 Å². The van der Waals surface area contributed by atoms with Gasteiger partial charge in [-0.2, -0.15) is 0 Å². The topological polar surface area (TPSA) is 17.1 Å². The van der Waals surface area contributed by atoms with Crippen LogP contribution >= 0.6 is 11.6 Å². The number of fused-ring (bicyclic) bond motifs is 3. The molecule has 0 spiro atoms. The largest absolute Gasteiger partial charge is 0.297 e. The first-order valence-corrected chi connectivity index (χ1v) is 6.13. The van der Waals surface area contributed by atoms with Crippen molar-refractivity contribution in [2.75, 3.05) is 5.88 Å². The molecule has 0 N–H and O–H groups in total. The maximum atomic E-state index is 12.0. The Labute approximate surface area is 105 Å². The van der Waals surface area contributed by atoms with Gasteiger partial charge < -0.3 is 0 Å². The van der Waals surface area contributed by atoms with Crippen molar-refractivity contribution in [3.8, 4) is 11.1 Å². The molecule has 0 radical (unpaired) electrons. The fraction of sp³-hybridized carbons (Fsp3) is 0.133. The number of alkyl halides is 1. The first-order chi connectivity index (χ1) is 8.33. The van der Waals surface area contributed by atoms with Gasteiger partial charge >= 0.3 is 0 Å². The van der Waals surface area contributed by atoms with E-state index < -0.39 is 0 Å². The van der Waals surface area contributed by atoms with E-state index in [1.165, 1.54) is 0 Å². The van der Waals surface area contributed by atoms with Crippen molar-refractivity contribution >= 4 is 17.4 Å². The lowest BCUT2D eigenvalue weighted by molar-refractivity contribution is -0.117. The third kappa shape index (κ3) is 1.50. The van der Waals surface area contributed by atoms with E-state index in [-0.39, 0.29) is 17.6 Å². The number of ketones is 1. The predicted molar refractivity (Wildman–Crippen MR) is 69.4 cm³/mol. The van der Waals surface area contributed by atoms with E-state index in [1.54, 1.807) is 0 Å². The summed E-state index contributed by atoms with van der Waals surface area (Å²) in [6, 6.07) is 16.1. The lowest BCUT2D eigenvalue weighted by Crippen LogP contribution is -2.12. The van der Waals surface area contributed by atoms with Gasteiger partial charge in [-0.05, 0) is 22.3 Å². The number of hydrogen-bond donors (Lipinski definition) is 0. The van der Waals surface area contributed by atoms with E-state index in [0.717, 1.165) is 22.3 Å². The number of hydrogen-bond acceptors (Lipinski definition) is 1. The Morgan fingerprint density at radius 3 is 1.88 bits per heavy atom. The summed E-state index contributed by atoms with van der Waals surface area (Å²) in [4.78, 5) is 12.0. The second-order valence-electron chi connectivity index (χ2n) is 4.21. The summed E-state index contributed by atoms with van der Waals surface area (Å²) < 4.78 is 0. The summed E-state index contributed by atoms with van der Waals surface area (Å²) in [7, 11) is 0. The Morgan fingerprint density at radius 2 is 1.41 bits per heavy atom. The molecular formula is C15H11ClO. The fourth-order valence-corrected chi connectivity index (χ4v) is 2.73. The van der Waals surface area contributed by atoms with Gasteiger partial charge in [-0.3, -0.25) is 4.79 Å². The molecule has 0 bridgehead atoms. The molecule has 0 saturated carbocycles. The molecule has 0 amide bonds. The van der Waals surface area contributed by atoms with Crippen LogP contribution in [-0.4, -0.2) is 11.7 Å². The summed E-state index contributed by atoms with van der Waals surface area (Å²) in [5, 5.41) is 0. The fourth-order valence-electron chi connectivity index (χ4n) is 2.58. The van der Waals surface area contributed by atoms with Gasteiger partial charge in [0.2, 0.25) is 0 Å². The Hall–Kier alpha value is -1.60. The number of Topliss-reactive ketones (excluding diaryl/α,β-unsaturated/α-hetero) is 1. The summed E-state index contributed by atoms with van der Waals surface area (Å²) in [5.41, 5.74) is 4.48. The quantitative estimate of drug-likeness (QED) is 0.736. The van der Waals surface area contributed by atoms with Crippen LogP contribution < -0.4 is 0 Å². The SMILES string of the molecule is O=C(CCl)C1c2ccccc2-c2ccccc21. The minimum absolute atomic E-state index is 0.0628. The Balaban J connectivity index is 2.27. The third-order valence-electron chi connectivity index (χ3n) is 3.29. The molecule has 2 aromatic rings. The first kappa shape index (κ1) is 10.5. The van der Waals surface area contributed by atoms with E-state index in [1.807, 2.05) is 36.4 Å². The first-order valence-electron chi connectivity index (χ1n) is 5.60. The van der Waals surface area contributed by atoms with Gasteiger partial charge in [0, 0.05) is 0 Å². The van der Waals surface area contributed by atoms with Gasteiger partial charge in [0.05, 0.1) is 11.8 Å². The molecule has 2 aromatic carbocycles. The molecule has 0 atom stereocenters. The Kier molecular flexibility index (Phi) is 2.49. The molecule has 0 unspecified atom stereocenters. The Bertz CT molecular complexity index is 543. The van der Waals surface area contributed by atoms with Gasteiger partial charge in [-0.1, -0.05) is 48.5 Å². The molecule has 1 nitrogen and oxygen atoms in total. The van der Waals surface area contributed by atoms with Gasteiger partial charge in [0.1, 0.15) is 0 Å². The number of benzene rings is 2.